The van der Waals surface area contributed by atoms with Crippen LogP contribution in [0.15, 0.2) is 58.4 Å². The highest BCUT2D eigenvalue weighted by atomic mass is 16.2. The number of hydrogen-bond donors (Lipinski definition) is 2. The number of nitrogens with zero attached hydrogens (tertiary/aromatic N) is 3. The Morgan fingerprint density at radius 1 is 1.07 bits per heavy atom. The first-order valence-corrected chi connectivity index (χ1v) is 10.1. The average molecular weight is 403 g/mol. The summed E-state index contributed by atoms with van der Waals surface area (Å²) in [4.78, 5) is 40.5. The van der Waals surface area contributed by atoms with Crippen molar-refractivity contribution in [2.75, 3.05) is 19.0 Å². The summed E-state index contributed by atoms with van der Waals surface area (Å²) in [6, 6.07) is 9.83. The average Bonchev–Trinajstić information content (AvgIpc) is 2.76. The molecule has 0 amide bonds. The lowest BCUT2D eigenvalue weighted by Crippen LogP contribution is -2.30. The SMILES string of the molecule is CN(C)c1ncc(C2=CCC(c3[nH]c(=O)[nH]c(=O)c3Cc3ccccc3)CC2)cn1. The van der Waals surface area contributed by atoms with Crippen LogP contribution in [-0.2, 0) is 6.42 Å². The van der Waals surface area contributed by atoms with Crippen LogP contribution >= 0.6 is 0 Å². The van der Waals surface area contributed by atoms with Gasteiger partial charge < -0.3 is 9.88 Å². The molecule has 0 saturated carbocycles. The smallest absolute Gasteiger partial charge is 0.325 e. The van der Waals surface area contributed by atoms with Crippen LogP contribution in [-0.4, -0.2) is 34.0 Å². The van der Waals surface area contributed by atoms with Crippen LogP contribution in [0.5, 0.6) is 0 Å². The van der Waals surface area contributed by atoms with Gasteiger partial charge in [-0.2, -0.15) is 0 Å². The minimum atomic E-state index is -0.450. The fourth-order valence-electron chi connectivity index (χ4n) is 3.93. The lowest BCUT2D eigenvalue weighted by atomic mass is 9.83. The number of aromatic nitrogens is 4. The van der Waals surface area contributed by atoms with Gasteiger partial charge in [0.1, 0.15) is 0 Å². The Kier molecular flexibility index (Phi) is 5.61. The maximum absolute atomic E-state index is 12.6. The van der Waals surface area contributed by atoms with Crippen LogP contribution in [0, 0.1) is 0 Å². The number of rotatable bonds is 5. The molecule has 0 bridgehead atoms. The first kappa shape index (κ1) is 19.8. The fraction of sp³-hybridized carbons (Fsp3) is 0.304. The molecule has 154 valence electrons. The first-order chi connectivity index (χ1) is 14.5. The number of hydrogen-bond acceptors (Lipinski definition) is 5. The molecule has 1 atom stereocenters. The molecule has 0 saturated heterocycles. The highest BCUT2D eigenvalue weighted by Gasteiger charge is 2.23. The zero-order chi connectivity index (χ0) is 21.1. The Bertz CT molecular complexity index is 1160. The lowest BCUT2D eigenvalue weighted by Gasteiger charge is -2.24. The van der Waals surface area contributed by atoms with Crippen LogP contribution in [0.1, 0.15) is 47.6 Å². The first-order valence-electron chi connectivity index (χ1n) is 10.1. The van der Waals surface area contributed by atoms with E-state index < -0.39 is 5.69 Å². The van der Waals surface area contributed by atoms with Crippen LogP contribution in [0.3, 0.4) is 0 Å². The van der Waals surface area contributed by atoms with Gasteiger partial charge in [0.25, 0.3) is 5.56 Å². The van der Waals surface area contributed by atoms with Gasteiger partial charge in [0.05, 0.1) is 0 Å². The number of aromatic amines is 2. The number of allylic oxidation sites excluding steroid dienone is 2. The largest absolute Gasteiger partial charge is 0.347 e. The monoisotopic (exact) mass is 403 g/mol. The molecule has 1 aliphatic rings. The third kappa shape index (κ3) is 4.25. The third-order valence-corrected chi connectivity index (χ3v) is 5.53. The molecule has 7 nitrogen and oxygen atoms in total. The van der Waals surface area contributed by atoms with Gasteiger partial charge in [0.2, 0.25) is 5.95 Å². The van der Waals surface area contributed by atoms with E-state index in [1.54, 1.807) is 0 Å². The summed E-state index contributed by atoms with van der Waals surface area (Å²) < 4.78 is 0. The van der Waals surface area contributed by atoms with Gasteiger partial charge in [-0.3, -0.25) is 9.78 Å². The van der Waals surface area contributed by atoms with E-state index in [0.29, 0.717) is 17.9 Å². The van der Waals surface area contributed by atoms with Crippen molar-refractivity contribution >= 4 is 11.5 Å². The predicted molar refractivity (Wildman–Crippen MR) is 118 cm³/mol. The fourth-order valence-corrected chi connectivity index (χ4v) is 3.93. The zero-order valence-corrected chi connectivity index (χ0v) is 17.2. The summed E-state index contributed by atoms with van der Waals surface area (Å²) in [7, 11) is 3.82. The normalized spacial score (nSPS) is 16.2. The van der Waals surface area contributed by atoms with E-state index in [1.807, 2.05) is 61.7 Å². The molecule has 4 rings (SSSR count). The molecule has 0 aliphatic heterocycles. The Morgan fingerprint density at radius 2 is 1.80 bits per heavy atom. The van der Waals surface area contributed by atoms with E-state index in [2.05, 4.69) is 26.0 Å². The third-order valence-electron chi connectivity index (χ3n) is 5.53. The van der Waals surface area contributed by atoms with Gasteiger partial charge in [-0.05, 0) is 30.4 Å². The molecule has 2 heterocycles. The molecular formula is C23H25N5O2. The van der Waals surface area contributed by atoms with Crippen LogP contribution < -0.4 is 16.1 Å². The van der Waals surface area contributed by atoms with Crippen LogP contribution in [0.2, 0.25) is 0 Å². The number of benzene rings is 1. The second kappa shape index (κ2) is 8.49. The molecular weight excluding hydrogens is 378 g/mol. The molecule has 0 fully saturated rings. The number of anilines is 1. The summed E-state index contributed by atoms with van der Waals surface area (Å²) in [5.74, 6) is 0.782. The zero-order valence-electron chi connectivity index (χ0n) is 17.2. The molecule has 2 N–H and O–H groups in total. The van der Waals surface area contributed by atoms with Crippen molar-refractivity contribution in [2.45, 2.75) is 31.6 Å². The second-order valence-corrected chi connectivity index (χ2v) is 7.83. The lowest BCUT2D eigenvalue weighted by molar-refractivity contribution is 0.595. The topological polar surface area (TPSA) is 94.7 Å². The van der Waals surface area contributed by atoms with Gasteiger partial charge in [-0.15, -0.1) is 0 Å². The Labute approximate surface area is 174 Å². The Morgan fingerprint density at radius 3 is 2.43 bits per heavy atom. The van der Waals surface area contributed by atoms with Gasteiger partial charge in [0, 0.05) is 55.6 Å². The van der Waals surface area contributed by atoms with Crippen LogP contribution in [0.25, 0.3) is 5.57 Å². The molecule has 1 aromatic carbocycles. The molecule has 1 unspecified atom stereocenters. The summed E-state index contributed by atoms with van der Waals surface area (Å²) >= 11 is 0. The predicted octanol–water partition coefficient (Wildman–Crippen LogP) is 2.86. The highest BCUT2D eigenvalue weighted by Crippen LogP contribution is 2.35. The van der Waals surface area contributed by atoms with Crippen molar-refractivity contribution in [3.05, 3.63) is 92.0 Å². The van der Waals surface area contributed by atoms with Crippen molar-refractivity contribution in [3.63, 3.8) is 0 Å². The van der Waals surface area contributed by atoms with E-state index in [0.717, 1.165) is 36.1 Å². The van der Waals surface area contributed by atoms with E-state index in [1.165, 1.54) is 5.57 Å². The van der Waals surface area contributed by atoms with Gasteiger partial charge in [-0.25, -0.2) is 14.8 Å². The van der Waals surface area contributed by atoms with E-state index in [-0.39, 0.29) is 11.5 Å². The van der Waals surface area contributed by atoms with E-state index in [9.17, 15) is 9.59 Å². The Balaban J connectivity index is 1.59. The van der Waals surface area contributed by atoms with Gasteiger partial charge >= 0.3 is 5.69 Å². The van der Waals surface area contributed by atoms with Crippen molar-refractivity contribution < 1.29 is 0 Å². The number of H-pyrrole nitrogens is 2. The second-order valence-electron chi connectivity index (χ2n) is 7.83. The Hall–Kier alpha value is -3.48. The molecule has 1 aliphatic carbocycles. The molecule has 0 radical (unpaired) electrons. The molecule has 2 aromatic heterocycles. The summed E-state index contributed by atoms with van der Waals surface area (Å²) in [5.41, 5.74) is 3.90. The molecule has 30 heavy (non-hydrogen) atoms. The van der Waals surface area contributed by atoms with Crippen molar-refractivity contribution in [1.82, 2.24) is 19.9 Å². The summed E-state index contributed by atoms with van der Waals surface area (Å²) in [6.45, 7) is 0. The van der Waals surface area contributed by atoms with Gasteiger partial charge in [0.15, 0.2) is 0 Å². The summed E-state index contributed by atoms with van der Waals surface area (Å²) in [5, 5.41) is 0. The van der Waals surface area contributed by atoms with Crippen molar-refractivity contribution in [1.29, 1.82) is 0 Å². The van der Waals surface area contributed by atoms with E-state index >= 15 is 0 Å². The minimum absolute atomic E-state index is 0.101. The highest BCUT2D eigenvalue weighted by molar-refractivity contribution is 5.65. The molecule has 3 aromatic rings. The maximum Gasteiger partial charge on any atom is 0.325 e. The molecule has 7 heteroatoms. The minimum Gasteiger partial charge on any atom is -0.347 e. The van der Waals surface area contributed by atoms with Gasteiger partial charge in [-0.1, -0.05) is 36.4 Å². The van der Waals surface area contributed by atoms with Crippen molar-refractivity contribution in [2.24, 2.45) is 0 Å². The summed E-state index contributed by atoms with van der Waals surface area (Å²) in [6.07, 6.45) is 8.82. The standard InChI is InChI=1S/C23H25N5O2/c1-28(2)22-24-13-18(14-25-22)16-8-10-17(11-9-16)20-19(21(29)27-23(30)26-20)12-15-6-4-3-5-7-15/h3-8,13-14,17H,9-12H2,1-2H3,(H2,26,27,29,30). The van der Waals surface area contributed by atoms with E-state index in [4.69, 9.17) is 0 Å². The van der Waals surface area contributed by atoms with Crippen LogP contribution in [0.4, 0.5) is 5.95 Å². The van der Waals surface area contributed by atoms with Crippen molar-refractivity contribution in [3.8, 4) is 0 Å². The maximum atomic E-state index is 12.6. The molecule has 0 spiro atoms. The quantitative estimate of drug-likeness (QED) is 0.683. The number of nitrogens with one attached hydrogen (secondary N) is 2.